The van der Waals surface area contributed by atoms with Crippen molar-refractivity contribution in [2.24, 2.45) is 5.92 Å². The molecule has 1 aromatic carbocycles. The van der Waals surface area contributed by atoms with E-state index in [0.29, 0.717) is 23.0 Å². The summed E-state index contributed by atoms with van der Waals surface area (Å²) in [5, 5.41) is 2.82. The van der Waals surface area contributed by atoms with Gasteiger partial charge in [0, 0.05) is 0 Å². The van der Waals surface area contributed by atoms with Crippen molar-refractivity contribution in [1.82, 2.24) is 0 Å². The van der Waals surface area contributed by atoms with E-state index < -0.39 is 0 Å². The number of nitrogens with two attached hydrogens (primary N) is 1. The number of para-hydroxylation sites is 2. The summed E-state index contributed by atoms with van der Waals surface area (Å²) < 4.78 is 0. The van der Waals surface area contributed by atoms with Crippen LogP contribution in [0.5, 0.6) is 0 Å². The quantitative estimate of drug-likeness (QED) is 0.765. The van der Waals surface area contributed by atoms with Crippen LogP contribution in [0.2, 0.25) is 0 Å². The third-order valence-corrected chi connectivity index (χ3v) is 3.84. The maximum atomic E-state index is 11.6. The van der Waals surface area contributed by atoms with Crippen LogP contribution in [-0.2, 0) is 4.79 Å². The largest absolute Gasteiger partial charge is 0.397 e. The van der Waals surface area contributed by atoms with E-state index in [-0.39, 0.29) is 5.91 Å². The van der Waals surface area contributed by atoms with E-state index in [2.05, 4.69) is 19.2 Å². The first kappa shape index (κ1) is 13.9. The molecule has 94 valence electrons. The first-order valence-corrected chi connectivity index (χ1v) is 7.01. The molecule has 1 aromatic rings. The standard InChI is InChI=1S/C13H20N2OS/c1-3-10(2)8-17-9-13(16)15-12-7-5-4-6-11(12)14/h4-7,10H,3,8-9,14H2,1-2H3,(H,15,16). The molecule has 0 spiro atoms. The molecule has 1 atom stereocenters. The maximum absolute atomic E-state index is 11.6. The topological polar surface area (TPSA) is 55.1 Å². The van der Waals surface area contributed by atoms with Gasteiger partial charge in [0.1, 0.15) is 0 Å². The number of hydrogen-bond donors (Lipinski definition) is 2. The van der Waals surface area contributed by atoms with Crippen molar-refractivity contribution in [3.05, 3.63) is 24.3 Å². The first-order chi connectivity index (χ1) is 8.13. The van der Waals surface area contributed by atoms with Crippen LogP contribution in [0.3, 0.4) is 0 Å². The second kappa shape index (κ2) is 7.22. The average Bonchev–Trinajstić information content (AvgIpc) is 2.32. The Morgan fingerprint density at radius 2 is 2.18 bits per heavy atom. The molecular weight excluding hydrogens is 232 g/mol. The third kappa shape index (κ3) is 5.13. The molecule has 0 saturated heterocycles. The molecule has 3 nitrogen and oxygen atoms in total. The summed E-state index contributed by atoms with van der Waals surface area (Å²) in [6.07, 6.45) is 1.15. The second-order valence-electron chi connectivity index (χ2n) is 4.16. The molecule has 1 amide bonds. The Morgan fingerprint density at radius 1 is 1.47 bits per heavy atom. The van der Waals surface area contributed by atoms with Crippen molar-refractivity contribution < 1.29 is 4.79 Å². The number of nitrogens with one attached hydrogen (secondary N) is 1. The van der Waals surface area contributed by atoms with Crippen molar-refractivity contribution in [1.29, 1.82) is 0 Å². The number of benzene rings is 1. The number of thioether (sulfide) groups is 1. The Hall–Kier alpha value is -1.16. The fraction of sp³-hybridized carbons (Fsp3) is 0.462. The molecule has 0 aromatic heterocycles. The summed E-state index contributed by atoms with van der Waals surface area (Å²) in [6.45, 7) is 4.36. The predicted molar refractivity (Wildman–Crippen MR) is 76.3 cm³/mol. The van der Waals surface area contributed by atoms with Crippen LogP contribution in [0, 0.1) is 5.92 Å². The average molecular weight is 252 g/mol. The van der Waals surface area contributed by atoms with Gasteiger partial charge in [-0.2, -0.15) is 11.8 Å². The third-order valence-electron chi connectivity index (χ3n) is 2.57. The molecule has 3 N–H and O–H groups in total. The van der Waals surface area contributed by atoms with E-state index in [4.69, 9.17) is 5.73 Å². The highest BCUT2D eigenvalue weighted by molar-refractivity contribution is 7.99. The molecule has 4 heteroatoms. The van der Waals surface area contributed by atoms with E-state index in [0.717, 1.165) is 12.2 Å². The van der Waals surface area contributed by atoms with Gasteiger partial charge in [0.15, 0.2) is 0 Å². The van der Waals surface area contributed by atoms with E-state index in [9.17, 15) is 4.79 Å². The van der Waals surface area contributed by atoms with Crippen molar-refractivity contribution in [2.75, 3.05) is 22.6 Å². The zero-order valence-electron chi connectivity index (χ0n) is 10.4. The molecule has 0 heterocycles. The number of nitrogen functional groups attached to an aromatic ring is 1. The van der Waals surface area contributed by atoms with Gasteiger partial charge in [0.25, 0.3) is 0 Å². The van der Waals surface area contributed by atoms with Crippen LogP contribution in [0.4, 0.5) is 11.4 Å². The lowest BCUT2D eigenvalue weighted by molar-refractivity contribution is -0.113. The molecule has 0 radical (unpaired) electrons. The predicted octanol–water partition coefficient (Wildman–Crippen LogP) is 2.99. The summed E-state index contributed by atoms with van der Waals surface area (Å²) >= 11 is 1.67. The molecule has 1 rings (SSSR count). The lowest BCUT2D eigenvalue weighted by Crippen LogP contribution is -2.16. The smallest absolute Gasteiger partial charge is 0.234 e. The van der Waals surface area contributed by atoms with Gasteiger partial charge < -0.3 is 11.1 Å². The minimum absolute atomic E-state index is 0.0104. The minimum atomic E-state index is 0.0104. The van der Waals surface area contributed by atoms with Crippen LogP contribution >= 0.6 is 11.8 Å². The van der Waals surface area contributed by atoms with Crippen LogP contribution < -0.4 is 11.1 Å². The first-order valence-electron chi connectivity index (χ1n) is 5.85. The van der Waals surface area contributed by atoms with E-state index in [1.54, 1.807) is 17.8 Å². The fourth-order valence-corrected chi connectivity index (χ4v) is 2.28. The molecule has 0 saturated carbocycles. The zero-order valence-corrected chi connectivity index (χ0v) is 11.2. The van der Waals surface area contributed by atoms with Crippen LogP contribution in [-0.4, -0.2) is 17.4 Å². The van der Waals surface area contributed by atoms with Crippen molar-refractivity contribution in [3.63, 3.8) is 0 Å². The molecule has 0 aliphatic carbocycles. The second-order valence-corrected chi connectivity index (χ2v) is 5.19. The number of carbonyl (C=O) groups excluding carboxylic acids is 1. The number of amides is 1. The summed E-state index contributed by atoms with van der Waals surface area (Å²) in [4.78, 5) is 11.6. The van der Waals surface area contributed by atoms with Gasteiger partial charge in [-0.05, 0) is 23.8 Å². The van der Waals surface area contributed by atoms with Gasteiger partial charge in [0.05, 0.1) is 17.1 Å². The normalized spacial score (nSPS) is 12.1. The molecule has 0 bridgehead atoms. The van der Waals surface area contributed by atoms with Gasteiger partial charge in [0.2, 0.25) is 5.91 Å². The van der Waals surface area contributed by atoms with Crippen LogP contribution in [0.15, 0.2) is 24.3 Å². The number of carbonyl (C=O) groups is 1. The fourth-order valence-electron chi connectivity index (χ4n) is 1.27. The number of anilines is 2. The number of rotatable bonds is 6. The van der Waals surface area contributed by atoms with Gasteiger partial charge >= 0.3 is 0 Å². The van der Waals surface area contributed by atoms with E-state index in [1.165, 1.54) is 0 Å². The molecular formula is C13H20N2OS. The molecule has 0 aliphatic rings. The van der Waals surface area contributed by atoms with Crippen LogP contribution in [0.25, 0.3) is 0 Å². The SMILES string of the molecule is CCC(C)CSCC(=O)Nc1ccccc1N. The molecule has 1 unspecified atom stereocenters. The van der Waals surface area contributed by atoms with Gasteiger partial charge in [-0.15, -0.1) is 0 Å². The zero-order chi connectivity index (χ0) is 12.7. The summed E-state index contributed by atoms with van der Waals surface area (Å²) in [6, 6.07) is 7.30. The summed E-state index contributed by atoms with van der Waals surface area (Å²) in [5.41, 5.74) is 7.05. The van der Waals surface area contributed by atoms with E-state index in [1.807, 2.05) is 18.2 Å². The Morgan fingerprint density at radius 3 is 2.82 bits per heavy atom. The van der Waals surface area contributed by atoms with Gasteiger partial charge in [-0.1, -0.05) is 32.4 Å². The lowest BCUT2D eigenvalue weighted by Gasteiger charge is -2.09. The highest BCUT2D eigenvalue weighted by Gasteiger charge is 2.06. The Bertz CT molecular complexity index is 368. The Kier molecular flexibility index (Phi) is 5.91. The Labute approximate surface area is 107 Å². The maximum Gasteiger partial charge on any atom is 0.234 e. The minimum Gasteiger partial charge on any atom is -0.397 e. The van der Waals surface area contributed by atoms with Crippen molar-refractivity contribution in [2.45, 2.75) is 20.3 Å². The molecule has 17 heavy (non-hydrogen) atoms. The lowest BCUT2D eigenvalue weighted by atomic mass is 10.2. The van der Waals surface area contributed by atoms with Crippen molar-refractivity contribution in [3.8, 4) is 0 Å². The Balaban J connectivity index is 2.33. The van der Waals surface area contributed by atoms with Gasteiger partial charge in [-0.3, -0.25) is 4.79 Å². The van der Waals surface area contributed by atoms with Crippen molar-refractivity contribution >= 4 is 29.0 Å². The molecule has 0 aliphatic heterocycles. The summed E-state index contributed by atoms with van der Waals surface area (Å²) in [5.74, 6) is 2.18. The molecule has 0 fully saturated rings. The van der Waals surface area contributed by atoms with Gasteiger partial charge in [-0.25, -0.2) is 0 Å². The van der Waals surface area contributed by atoms with Crippen LogP contribution in [0.1, 0.15) is 20.3 Å². The highest BCUT2D eigenvalue weighted by Crippen LogP contribution is 2.17. The monoisotopic (exact) mass is 252 g/mol. The van der Waals surface area contributed by atoms with E-state index >= 15 is 0 Å². The summed E-state index contributed by atoms with van der Waals surface area (Å²) in [7, 11) is 0. The number of hydrogen-bond acceptors (Lipinski definition) is 3. The highest BCUT2D eigenvalue weighted by atomic mass is 32.2.